The quantitative estimate of drug-likeness (QED) is 0.571. The molecule has 0 saturated heterocycles. The molecule has 142 valence electrons. The SMILES string of the molecule is CN[C@H]1CC[C@H](Nc2ncc3c(-c4cnc5ncccc5c4)ccn3n2)CC1. The standard InChI is InChI=1S/C21H23N7/c1-22-16-4-6-17(7-5-16)26-21-25-13-19-18(8-10-28(19)27-21)15-11-14-3-2-9-23-20(14)24-12-15/h2-3,8-13,16-17,22H,4-7H2,1H3,(H,26,27)/t16-,17-. The molecule has 1 fully saturated rings. The highest BCUT2D eigenvalue weighted by molar-refractivity contribution is 5.86. The zero-order valence-corrected chi connectivity index (χ0v) is 15.8. The summed E-state index contributed by atoms with van der Waals surface area (Å²) in [6.07, 6.45) is 12.1. The van der Waals surface area contributed by atoms with E-state index in [0.717, 1.165) is 40.5 Å². The Bertz CT molecular complexity index is 1110. The first-order valence-electron chi connectivity index (χ1n) is 9.79. The van der Waals surface area contributed by atoms with Gasteiger partial charge < -0.3 is 10.6 Å². The molecule has 0 unspecified atom stereocenters. The number of anilines is 1. The molecule has 0 bridgehead atoms. The maximum atomic E-state index is 4.66. The number of hydrogen-bond acceptors (Lipinski definition) is 6. The summed E-state index contributed by atoms with van der Waals surface area (Å²) in [5, 5.41) is 12.6. The molecule has 4 heterocycles. The molecule has 0 aromatic carbocycles. The van der Waals surface area contributed by atoms with Gasteiger partial charge in [-0.05, 0) is 57.0 Å². The summed E-state index contributed by atoms with van der Waals surface area (Å²) < 4.78 is 1.89. The molecule has 1 aliphatic rings. The maximum absolute atomic E-state index is 4.66. The van der Waals surface area contributed by atoms with Crippen molar-refractivity contribution in [2.24, 2.45) is 0 Å². The van der Waals surface area contributed by atoms with Gasteiger partial charge in [-0.2, -0.15) is 0 Å². The van der Waals surface area contributed by atoms with Crippen molar-refractivity contribution in [3.63, 3.8) is 0 Å². The second kappa shape index (κ2) is 7.16. The van der Waals surface area contributed by atoms with E-state index in [1.54, 1.807) is 6.20 Å². The van der Waals surface area contributed by atoms with Gasteiger partial charge in [-0.1, -0.05) is 0 Å². The summed E-state index contributed by atoms with van der Waals surface area (Å²) in [4.78, 5) is 13.3. The van der Waals surface area contributed by atoms with Gasteiger partial charge in [0.05, 0.1) is 11.7 Å². The number of hydrogen-bond donors (Lipinski definition) is 2. The summed E-state index contributed by atoms with van der Waals surface area (Å²) in [5.41, 5.74) is 3.83. The third kappa shape index (κ3) is 3.18. The molecule has 2 N–H and O–H groups in total. The largest absolute Gasteiger partial charge is 0.350 e. The fraction of sp³-hybridized carbons (Fsp3) is 0.333. The molecular formula is C21H23N7. The molecular weight excluding hydrogens is 350 g/mol. The summed E-state index contributed by atoms with van der Waals surface area (Å²) in [6.45, 7) is 0. The second-order valence-corrected chi connectivity index (χ2v) is 7.40. The molecule has 0 amide bonds. The second-order valence-electron chi connectivity index (χ2n) is 7.40. The normalized spacial score (nSPS) is 19.9. The lowest BCUT2D eigenvalue weighted by Crippen LogP contribution is -2.35. The first-order chi connectivity index (χ1) is 13.8. The van der Waals surface area contributed by atoms with E-state index in [2.05, 4.69) is 42.8 Å². The Morgan fingerprint density at radius 3 is 2.71 bits per heavy atom. The lowest BCUT2D eigenvalue weighted by molar-refractivity contribution is 0.370. The zero-order valence-electron chi connectivity index (χ0n) is 15.8. The summed E-state index contributed by atoms with van der Waals surface area (Å²) >= 11 is 0. The monoisotopic (exact) mass is 373 g/mol. The van der Waals surface area contributed by atoms with Crippen molar-refractivity contribution in [3.8, 4) is 11.1 Å². The van der Waals surface area contributed by atoms with Crippen LogP contribution in [-0.2, 0) is 0 Å². The highest BCUT2D eigenvalue weighted by atomic mass is 15.3. The van der Waals surface area contributed by atoms with Crippen LogP contribution in [0.4, 0.5) is 5.95 Å². The van der Waals surface area contributed by atoms with Crippen LogP contribution in [0.15, 0.2) is 49.1 Å². The predicted molar refractivity (Wildman–Crippen MR) is 110 cm³/mol. The van der Waals surface area contributed by atoms with Crippen LogP contribution in [0.3, 0.4) is 0 Å². The van der Waals surface area contributed by atoms with Crippen LogP contribution >= 0.6 is 0 Å². The smallest absolute Gasteiger partial charge is 0.241 e. The van der Waals surface area contributed by atoms with Gasteiger partial charge in [0, 0.05) is 47.2 Å². The number of aromatic nitrogens is 5. The lowest BCUT2D eigenvalue weighted by Gasteiger charge is -2.28. The molecule has 4 aromatic heterocycles. The van der Waals surface area contributed by atoms with Gasteiger partial charge in [-0.25, -0.2) is 19.5 Å². The van der Waals surface area contributed by atoms with Gasteiger partial charge in [0.1, 0.15) is 0 Å². The van der Waals surface area contributed by atoms with Crippen molar-refractivity contribution in [1.82, 2.24) is 29.9 Å². The summed E-state index contributed by atoms with van der Waals surface area (Å²) in [5.74, 6) is 0.684. The molecule has 0 atom stereocenters. The molecule has 0 spiro atoms. The molecule has 4 aromatic rings. The van der Waals surface area contributed by atoms with E-state index in [9.17, 15) is 0 Å². The highest BCUT2D eigenvalue weighted by Crippen LogP contribution is 2.27. The topological polar surface area (TPSA) is 80.0 Å². The fourth-order valence-corrected chi connectivity index (χ4v) is 4.03. The molecule has 1 aliphatic carbocycles. The minimum absolute atomic E-state index is 0.439. The van der Waals surface area contributed by atoms with Gasteiger partial charge in [0.25, 0.3) is 0 Å². The van der Waals surface area contributed by atoms with Gasteiger partial charge >= 0.3 is 0 Å². The Morgan fingerprint density at radius 1 is 1.00 bits per heavy atom. The summed E-state index contributed by atoms with van der Waals surface area (Å²) in [6, 6.07) is 9.20. The average molecular weight is 373 g/mol. The molecule has 7 nitrogen and oxygen atoms in total. The van der Waals surface area contributed by atoms with E-state index < -0.39 is 0 Å². The Morgan fingerprint density at radius 2 is 1.86 bits per heavy atom. The molecule has 28 heavy (non-hydrogen) atoms. The van der Waals surface area contributed by atoms with E-state index in [-0.39, 0.29) is 0 Å². The van der Waals surface area contributed by atoms with Crippen molar-refractivity contribution in [2.75, 3.05) is 12.4 Å². The van der Waals surface area contributed by atoms with E-state index in [0.29, 0.717) is 18.0 Å². The molecule has 0 aliphatic heterocycles. The van der Waals surface area contributed by atoms with E-state index in [4.69, 9.17) is 0 Å². The van der Waals surface area contributed by atoms with Crippen LogP contribution in [0.1, 0.15) is 25.7 Å². The Balaban J connectivity index is 1.40. The first-order valence-corrected chi connectivity index (χ1v) is 9.79. The fourth-order valence-electron chi connectivity index (χ4n) is 4.03. The Labute approximate surface area is 163 Å². The first kappa shape index (κ1) is 17.1. The van der Waals surface area contributed by atoms with Crippen LogP contribution in [0, 0.1) is 0 Å². The van der Waals surface area contributed by atoms with Crippen molar-refractivity contribution in [1.29, 1.82) is 0 Å². The van der Waals surface area contributed by atoms with Crippen LogP contribution in [0.5, 0.6) is 0 Å². The van der Waals surface area contributed by atoms with Gasteiger partial charge in [-0.3, -0.25) is 0 Å². The van der Waals surface area contributed by atoms with Crippen LogP contribution in [0.2, 0.25) is 0 Å². The summed E-state index contributed by atoms with van der Waals surface area (Å²) in [7, 11) is 2.04. The molecule has 7 heteroatoms. The van der Waals surface area contributed by atoms with Crippen LogP contribution in [-0.4, -0.2) is 43.7 Å². The van der Waals surface area contributed by atoms with E-state index >= 15 is 0 Å². The Hall–Kier alpha value is -3.06. The van der Waals surface area contributed by atoms with Gasteiger partial charge in [0.15, 0.2) is 5.65 Å². The number of fused-ring (bicyclic) bond motifs is 2. The average Bonchev–Trinajstić information content (AvgIpc) is 3.17. The van der Waals surface area contributed by atoms with E-state index in [1.165, 1.54) is 12.8 Å². The number of nitrogens with zero attached hydrogens (tertiary/aromatic N) is 5. The lowest BCUT2D eigenvalue weighted by atomic mass is 9.91. The number of nitrogens with one attached hydrogen (secondary N) is 2. The Kier molecular flexibility index (Phi) is 4.37. The molecule has 1 saturated carbocycles. The van der Waals surface area contributed by atoms with Crippen molar-refractivity contribution in [2.45, 2.75) is 37.8 Å². The van der Waals surface area contributed by atoms with Crippen molar-refractivity contribution in [3.05, 3.63) is 49.1 Å². The van der Waals surface area contributed by atoms with Gasteiger partial charge in [0.2, 0.25) is 5.95 Å². The van der Waals surface area contributed by atoms with Crippen LogP contribution in [0.25, 0.3) is 27.7 Å². The highest BCUT2D eigenvalue weighted by Gasteiger charge is 2.20. The number of pyridine rings is 2. The van der Waals surface area contributed by atoms with E-state index in [1.807, 2.05) is 42.3 Å². The van der Waals surface area contributed by atoms with Crippen molar-refractivity contribution < 1.29 is 0 Å². The van der Waals surface area contributed by atoms with Crippen LogP contribution < -0.4 is 10.6 Å². The molecule has 0 radical (unpaired) electrons. The molecule has 5 rings (SSSR count). The third-order valence-corrected chi connectivity index (χ3v) is 5.65. The predicted octanol–water partition coefficient (Wildman–Crippen LogP) is 3.28. The van der Waals surface area contributed by atoms with Gasteiger partial charge in [-0.15, -0.1) is 5.10 Å². The van der Waals surface area contributed by atoms with Crippen molar-refractivity contribution >= 4 is 22.5 Å². The minimum Gasteiger partial charge on any atom is -0.350 e. The number of rotatable bonds is 4. The minimum atomic E-state index is 0.439. The zero-order chi connectivity index (χ0) is 18.9. The maximum Gasteiger partial charge on any atom is 0.241 e. The third-order valence-electron chi connectivity index (χ3n) is 5.65.